The van der Waals surface area contributed by atoms with Gasteiger partial charge in [-0.25, -0.2) is 0 Å². The number of rotatable bonds is 7. The number of aromatic nitrogens is 2. The molecule has 4 N–H and O–H groups in total. The van der Waals surface area contributed by atoms with E-state index < -0.39 is 0 Å². The van der Waals surface area contributed by atoms with Crippen LogP contribution in [0, 0.1) is 6.92 Å². The normalized spacial score (nSPS) is 10.9. The molecule has 0 bridgehead atoms. The van der Waals surface area contributed by atoms with Gasteiger partial charge in [0.05, 0.1) is 11.1 Å². The van der Waals surface area contributed by atoms with Gasteiger partial charge in [0.2, 0.25) is 0 Å². The summed E-state index contributed by atoms with van der Waals surface area (Å²) < 4.78 is 7.08. The number of nitrogens with two attached hydrogens (primary N) is 2. The van der Waals surface area contributed by atoms with E-state index in [4.69, 9.17) is 16.2 Å². The van der Waals surface area contributed by atoms with Crippen LogP contribution in [0.3, 0.4) is 0 Å². The Bertz CT molecular complexity index is 1320. The summed E-state index contributed by atoms with van der Waals surface area (Å²) >= 11 is 3.81. The molecule has 168 valence electrons. The molecule has 1 heterocycles. The third-order valence-electron chi connectivity index (χ3n) is 5.41. The number of hydrogen-bond donors (Lipinski definition) is 2. The van der Waals surface area contributed by atoms with Crippen LogP contribution < -0.4 is 16.2 Å². The second kappa shape index (κ2) is 10.0. The summed E-state index contributed by atoms with van der Waals surface area (Å²) in [7, 11) is 0. The molecule has 33 heavy (non-hydrogen) atoms. The quantitative estimate of drug-likeness (QED) is 0.180. The number of nitrogens with zero attached hydrogens (tertiary/aromatic N) is 3. The van der Waals surface area contributed by atoms with Crippen molar-refractivity contribution < 1.29 is 4.74 Å². The lowest BCUT2D eigenvalue weighted by Crippen LogP contribution is -2.22. The van der Waals surface area contributed by atoms with Crippen molar-refractivity contribution >= 4 is 38.5 Å². The summed E-state index contributed by atoms with van der Waals surface area (Å²) in [5, 5.41) is 10.5. The SMILES string of the molecule is CCCCOc1c(-c2ccccc2C)cc2c(-c3ccccc3)nnc(N=C(N)N)c2c1Br. The Kier molecular flexibility index (Phi) is 6.89. The Morgan fingerprint density at radius 3 is 2.42 bits per heavy atom. The zero-order valence-electron chi connectivity index (χ0n) is 18.7. The predicted molar refractivity (Wildman–Crippen MR) is 139 cm³/mol. The van der Waals surface area contributed by atoms with Crippen molar-refractivity contribution in [1.29, 1.82) is 0 Å². The lowest BCUT2D eigenvalue weighted by molar-refractivity contribution is 0.309. The highest BCUT2D eigenvalue weighted by Crippen LogP contribution is 2.47. The first-order valence-electron chi connectivity index (χ1n) is 10.9. The number of guanidine groups is 1. The molecule has 3 aromatic carbocycles. The van der Waals surface area contributed by atoms with Crippen LogP contribution in [0.5, 0.6) is 5.75 Å². The van der Waals surface area contributed by atoms with Crippen molar-refractivity contribution in [3.8, 4) is 28.1 Å². The number of benzene rings is 3. The van der Waals surface area contributed by atoms with Gasteiger partial charge in [0.25, 0.3) is 0 Å². The van der Waals surface area contributed by atoms with E-state index in [9.17, 15) is 0 Å². The fourth-order valence-corrected chi connectivity index (χ4v) is 4.50. The third kappa shape index (κ3) is 4.68. The van der Waals surface area contributed by atoms with Gasteiger partial charge in [0.1, 0.15) is 11.4 Å². The van der Waals surface area contributed by atoms with Crippen molar-refractivity contribution in [2.45, 2.75) is 26.7 Å². The van der Waals surface area contributed by atoms with Crippen molar-refractivity contribution in [2.24, 2.45) is 16.5 Å². The molecule has 4 aromatic rings. The van der Waals surface area contributed by atoms with E-state index in [1.54, 1.807) is 0 Å². The minimum Gasteiger partial charge on any atom is -0.492 e. The molecule has 1 aromatic heterocycles. The molecular formula is C26H26BrN5O. The van der Waals surface area contributed by atoms with Crippen LogP contribution in [0.1, 0.15) is 25.3 Å². The number of fused-ring (bicyclic) bond motifs is 1. The molecule has 7 heteroatoms. The van der Waals surface area contributed by atoms with Gasteiger partial charge in [-0.05, 0) is 46.5 Å². The molecule has 0 aliphatic heterocycles. The van der Waals surface area contributed by atoms with Crippen LogP contribution in [0.25, 0.3) is 33.2 Å². The Morgan fingerprint density at radius 2 is 1.73 bits per heavy atom. The number of aliphatic imine (C=N–C) groups is 1. The second-order valence-electron chi connectivity index (χ2n) is 7.78. The molecule has 0 aliphatic rings. The zero-order chi connectivity index (χ0) is 23.4. The van der Waals surface area contributed by atoms with Crippen molar-refractivity contribution in [1.82, 2.24) is 10.2 Å². The number of unbranched alkanes of at least 4 members (excludes halogenated alkanes) is 1. The minimum atomic E-state index is -0.0820. The number of aryl methyl sites for hydroxylation is 1. The number of ether oxygens (including phenoxy) is 1. The molecule has 0 radical (unpaired) electrons. The van der Waals surface area contributed by atoms with Crippen molar-refractivity contribution in [3.63, 3.8) is 0 Å². The van der Waals surface area contributed by atoms with Crippen molar-refractivity contribution in [2.75, 3.05) is 6.61 Å². The molecule has 0 spiro atoms. The lowest BCUT2D eigenvalue weighted by atomic mass is 9.95. The monoisotopic (exact) mass is 503 g/mol. The van der Waals surface area contributed by atoms with Crippen LogP contribution >= 0.6 is 15.9 Å². The smallest absolute Gasteiger partial charge is 0.192 e. The third-order valence-corrected chi connectivity index (χ3v) is 6.16. The Morgan fingerprint density at radius 1 is 1.00 bits per heavy atom. The lowest BCUT2D eigenvalue weighted by Gasteiger charge is -2.19. The summed E-state index contributed by atoms with van der Waals surface area (Å²) in [5.41, 5.74) is 16.3. The topological polar surface area (TPSA) is 99.4 Å². The largest absolute Gasteiger partial charge is 0.492 e. The van der Waals surface area contributed by atoms with Gasteiger partial charge in [0, 0.05) is 21.9 Å². The summed E-state index contributed by atoms with van der Waals surface area (Å²) in [5.74, 6) is 0.999. The van der Waals surface area contributed by atoms with Gasteiger partial charge < -0.3 is 16.2 Å². The first-order valence-corrected chi connectivity index (χ1v) is 11.7. The molecule has 0 fully saturated rings. The fourth-order valence-electron chi connectivity index (χ4n) is 3.78. The molecule has 0 saturated carbocycles. The van der Waals surface area contributed by atoms with Gasteiger partial charge in [0.15, 0.2) is 11.8 Å². The van der Waals surface area contributed by atoms with Crippen LogP contribution in [-0.4, -0.2) is 22.8 Å². The highest BCUT2D eigenvalue weighted by Gasteiger charge is 2.22. The summed E-state index contributed by atoms with van der Waals surface area (Å²) in [6, 6.07) is 20.3. The van der Waals surface area contributed by atoms with Crippen LogP contribution in [0.15, 0.2) is 70.1 Å². The Hall–Kier alpha value is -3.45. The van der Waals surface area contributed by atoms with Gasteiger partial charge in [-0.15, -0.1) is 10.2 Å². The average Bonchev–Trinajstić information content (AvgIpc) is 2.81. The standard InChI is InChI=1S/C26H26BrN5O/c1-3-4-14-33-24-19(18-13-9-8-10-16(18)2)15-20-21(22(24)27)25(30-26(28)29)32-31-23(20)17-11-6-5-7-12-17/h5-13,15H,3-4,14H2,1-2H3,(H4,28,29,30,32). The maximum Gasteiger partial charge on any atom is 0.192 e. The van der Waals surface area contributed by atoms with E-state index in [2.05, 4.69) is 63.2 Å². The first kappa shape index (κ1) is 22.7. The maximum atomic E-state index is 6.33. The van der Waals surface area contributed by atoms with Gasteiger partial charge in [-0.3, -0.25) is 0 Å². The number of halogens is 1. The van der Waals surface area contributed by atoms with Crippen LogP contribution in [0.2, 0.25) is 0 Å². The highest BCUT2D eigenvalue weighted by molar-refractivity contribution is 9.10. The Labute approximate surface area is 201 Å². The highest BCUT2D eigenvalue weighted by atomic mass is 79.9. The molecule has 0 unspecified atom stereocenters. The maximum absolute atomic E-state index is 6.33. The van der Waals surface area contributed by atoms with Crippen LogP contribution in [0.4, 0.5) is 5.82 Å². The van der Waals surface area contributed by atoms with Gasteiger partial charge in [-0.1, -0.05) is 67.9 Å². The molecule has 0 atom stereocenters. The minimum absolute atomic E-state index is 0.0820. The summed E-state index contributed by atoms with van der Waals surface area (Å²) in [4.78, 5) is 4.25. The van der Waals surface area contributed by atoms with E-state index in [0.717, 1.165) is 61.8 Å². The summed E-state index contributed by atoms with van der Waals surface area (Å²) in [6.07, 6.45) is 1.98. The van der Waals surface area contributed by atoms with E-state index in [1.807, 2.05) is 42.5 Å². The number of hydrogen-bond acceptors (Lipinski definition) is 4. The van der Waals surface area contributed by atoms with E-state index in [1.165, 1.54) is 0 Å². The molecule has 0 aliphatic carbocycles. The van der Waals surface area contributed by atoms with E-state index >= 15 is 0 Å². The van der Waals surface area contributed by atoms with E-state index in [-0.39, 0.29) is 5.96 Å². The first-order chi connectivity index (χ1) is 16.0. The van der Waals surface area contributed by atoms with Crippen LogP contribution in [-0.2, 0) is 0 Å². The van der Waals surface area contributed by atoms with E-state index in [0.29, 0.717) is 12.4 Å². The molecule has 6 nitrogen and oxygen atoms in total. The molecule has 0 amide bonds. The molecule has 0 saturated heterocycles. The predicted octanol–water partition coefficient (Wildman–Crippen LogP) is 6.12. The summed E-state index contributed by atoms with van der Waals surface area (Å²) in [6.45, 7) is 4.83. The second-order valence-corrected chi connectivity index (χ2v) is 8.57. The van der Waals surface area contributed by atoms with Gasteiger partial charge >= 0.3 is 0 Å². The average molecular weight is 504 g/mol. The van der Waals surface area contributed by atoms with Gasteiger partial charge in [-0.2, -0.15) is 4.99 Å². The fraction of sp³-hybridized carbons (Fsp3) is 0.192. The zero-order valence-corrected chi connectivity index (χ0v) is 20.3. The molecule has 4 rings (SSSR count). The Balaban J connectivity index is 2.10. The molecular weight excluding hydrogens is 478 g/mol. The van der Waals surface area contributed by atoms with Crippen molar-refractivity contribution in [3.05, 3.63) is 70.7 Å².